The monoisotopic (exact) mass is 440 g/mol. The summed E-state index contributed by atoms with van der Waals surface area (Å²) < 4.78 is 79.9. The number of carboxylic acid groups (broad SMARTS) is 1. The Morgan fingerprint density at radius 1 is 1.03 bits per heavy atom. The van der Waals surface area contributed by atoms with E-state index >= 15 is 0 Å². The second-order valence-electron chi connectivity index (χ2n) is 5.65. The fourth-order valence-electron chi connectivity index (χ4n) is 2.23. The van der Waals surface area contributed by atoms with Gasteiger partial charge in [0.15, 0.2) is 0 Å². The highest BCUT2D eigenvalue weighted by Gasteiger charge is 2.50. The van der Waals surface area contributed by atoms with Crippen LogP contribution in [0.25, 0.3) is 0 Å². The maximum absolute atomic E-state index is 12.6. The number of aliphatic hydroxyl groups is 3. The molecule has 0 bridgehead atoms. The third kappa shape index (κ3) is 6.20. The van der Waals surface area contributed by atoms with Gasteiger partial charge in [-0.25, -0.2) is 4.79 Å². The predicted molar refractivity (Wildman–Crippen MR) is 75.7 cm³/mol. The minimum absolute atomic E-state index is 0.266. The molecule has 0 aromatic heterocycles. The van der Waals surface area contributed by atoms with Crippen LogP contribution < -0.4 is 10.6 Å². The van der Waals surface area contributed by atoms with E-state index in [1.807, 2.05) is 0 Å². The topological polar surface area (TPSA) is 165 Å². The summed E-state index contributed by atoms with van der Waals surface area (Å²) in [6, 6.07) is -4.59. The smallest absolute Gasteiger partial charge is 0.471 e. The summed E-state index contributed by atoms with van der Waals surface area (Å²) in [6.45, 7) is -1.22. The molecule has 0 aromatic carbocycles. The quantitative estimate of drug-likeness (QED) is 0.262. The van der Waals surface area contributed by atoms with Crippen molar-refractivity contribution in [2.75, 3.05) is 6.61 Å². The Kier molecular flexibility index (Phi) is 7.44. The summed E-state index contributed by atoms with van der Waals surface area (Å²) >= 11 is 0. The lowest BCUT2D eigenvalue weighted by atomic mass is 9.92. The van der Waals surface area contributed by atoms with Crippen molar-refractivity contribution < 1.29 is 65.9 Å². The van der Waals surface area contributed by atoms with E-state index in [1.165, 1.54) is 10.6 Å². The van der Waals surface area contributed by atoms with E-state index in [-0.39, 0.29) is 6.08 Å². The van der Waals surface area contributed by atoms with Crippen molar-refractivity contribution in [2.24, 2.45) is 0 Å². The molecule has 0 aliphatic carbocycles. The van der Waals surface area contributed by atoms with Crippen LogP contribution in [0.2, 0.25) is 0 Å². The zero-order valence-corrected chi connectivity index (χ0v) is 13.9. The highest BCUT2D eigenvalue weighted by atomic mass is 19.4. The number of carbonyl (C=O) groups excluding carboxylic acids is 2. The van der Waals surface area contributed by atoms with Gasteiger partial charge < -0.3 is 35.8 Å². The van der Waals surface area contributed by atoms with Crippen LogP contribution in [-0.2, 0) is 19.1 Å². The van der Waals surface area contributed by atoms with Crippen molar-refractivity contribution in [3.8, 4) is 0 Å². The molecule has 10 nitrogen and oxygen atoms in total. The third-order valence-electron chi connectivity index (χ3n) is 3.57. The van der Waals surface area contributed by atoms with Gasteiger partial charge in [-0.05, 0) is 6.08 Å². The second kappa shape index (κ2) is 8.83. The summed E-state index contributed by atoms with van der Waals surface area (Å²) in [4.78, 5) is 33.5. The summed E-state index contributed by atoms with van der Waals surface area (Å²) in [6.07, 6.45) is -17.7. The molecule has 0 saturated heterocycles. The lowest BCUT2D eigenvalue weighted by Gasteiger charge is -2.40. The van der Waals surface area contributed by atoms with Crippen molar-refractivity contribution in [2.45, 2.75) is 42.7 Å². The fourth-order valence-corrected chi connectivity index (χ4v) is 2.23. The molecule has 5 atom stereocenters. The molecule has 0 saturated carbocycles. The molecule has 1 aliphatic rings. The van der Waals surface area contributed by atoms with Crippen LogP contribution in [0.5, 0.6) is 0 Å². The first-order valence-corrected chi connectivity index (χ1v) is 7.43. The number of rotatable bonds is 6. The zero-order chi connectivity index (χ0) is 22.7. The van der Waals surface area contributed by atoms with Crippen LogP contribution in [0.15, 0.2) is 11.8 Å². The number of halogens is 6. The number of alkyl halides is 6. The van der Waals surface area contributed by atoms with Crippen LogP contribution >= 0.6 is 0 Å². The van der Waals surface area contributed by atoms with Crippen LogP contribution in [-0.4, -0.2) is 87.6 Å². The Labute approximate surface area is 156 Å². The first-order valence-electron chi connectivity index (χ1n) is 7.43. The van der Waals surface area contributed by atoms with Crippen LogP contribution in [0, 0.1) is 0 Å². The molecule has 0 spiro atoms. The number of aliphatic hydroxyl groups excluding tert-OH is 3. The first-order chi connectivity index (χ1) is 13.1. The number of hydrogen-bond acceptors (Lipinski definition) is 7. The van der Waals surface area contributed by atoms with Crippen molar-refractivity contribution in [1.29, 1.82) is 0 Å². The van der Waals surface area contributed by atoms with Crippen LogP contribution in [0.1, 0.15) is 0 Å². The first kappa shape index (κ1) is 24.4. The molecule has 1 aliphatic heterocycles. The van der Waals surface area contributed by atoms with Gasteiger partial charge in [0.2, 0.25) is 5.76 Å². The molecule has 0 radical (unpaired) electrons. The van der Waals surface area contributed by atoms with E-state index in [0.717, 1.165) is 0 Å². The molecule has 0 fully saturated rings. The van der Waals surface area contributed by atoms with E-state index in [4.69, 9.17) is 10.2 Å². The Hall–Kier alpha value is -2.59. The molecule has 0 unspecified atom stereocenters. The van der Waals surface area contributed by atoms with Gasteiger partial charge in [-0.3, -0.25) is 9.59 Å². The van der Waals surface area contributed by atoms with Crippen LogP contribution in [0.3, 0.4) is 0 Å². The number of hydrogen-bond donors (Lipinski definition) is 6. The molecule has 6 N–H and O–H groups in total. The van der Waals surface area contributed by atoms with E-state index in [2.05, 4.69) is 4.74 Å². The van der Waals surface area contributed by atoms with Crippen molar-refractivity contribution >= 4 is 17.8 Å². The van der Waals surface area contributed by atoms with Gasteiger partial charge in [-0.1, -0.05) is 0 Å². The second-order valence-corrected chi connectivity index (χ2v) is 5.65. The summed E-state index contributed by atoms with van der Waals surface area (Å²) in [5.41, 5.74) is 0. The highest BCUT2D eigenvalue weighted by molar-refractivity contribution is 5.86. The molecular formula is C13H14F6N2O8. The van der Waals surface area contributed by atoms with Crippen molar-refractivity contribution in [3.05, 3.63) is 11.8 Å². The average Bonchev–Trinajstić information content (AvgIpc) is 2.59. The molecule has 29 heavy (non-hydrogen) atoms. The average molecular weight is 440 g/mol. The minimum atomic E-state index is -5.56. The molecule has 166 valence electrons. The zero-order valence-electron chi connectivity index (χ0n) is 13.9. The minimum Gasteiger partial charge on any atom is -0.478 e. The van der Waals surface area contributed by atoms with E-state index in [0.29, 0.717) is 0 Å². The van der Waals surface area contributed by atoms with Gasteiger partial charge in [0.1, 0.15) is 18.3 Å². The fraction of sp³-hybridized carbons (Fsp3) is 0.615. The summed E-state index contributed by atoms with van der Waals surface area (Å²) in [5, 5.41) is 39.5. The molecule has 1 rings (SSSR count). The molecule has 16 heteroatoms. The van der Waals surface area contributed by atoms with E-state index in [9.17, 15) is 50.9 Å². The van der Waals surface area contributed by atoms with Crippen molar-refractivity contribution in [1.82, 2.24) is 10.6 Å². The van der Waals surface area contributed by atoms with Crippen molar-refractivity contribution in [3.63, 3.8) is 0 Å². The summed E-state index contributed by atoms with van der Waals surface area (Å²) in [5.74, 6) is -8.58. The molecule has 0 aromatic rings. The largest absolute Gasteiger partial charge is 0.478 e. The van der Waals surface area contributed by atoms with Gasteiger partial charge in [-0.15, -0.1) is 0 Å². The maximum atomic E-state index is 12.6. The molecule has 2 amide bonds. The van der Waals surface area contributed by atoms with Gasteiger partial charge in [0.05, 0.1) is 18.7 Å². The molecular weight excluding hydrogens is 426 g/mol. The number of nitrogens with one attached hydrogen (secondary N) is 2. The Morgan fingerprint density at radius 2 is 1.52 bits per heavy atom. The van der Waals surface area contributed by atoms with Gasteiger partial charge in [-0.2, -0.15) is 26.3 Å². The lowest BCUT2D eigenvalue weighted by molar-refractivity contribution is -0.180. The predicted octanol–water partition coefficient (Wildman–Crippen LogP) is -1.84. The Morgan fingerprint density at radius 3 is 1.93 bits per heavy atom. The molecule has 1 heterocycles. The number of aliphatic carboxylic acids is 1. The summed E-state index contributed by atoms with van der Waals surface area (Å²) in [7, 11) is 0. The van der Waals surface area contributed by atoms with Gasteiger partial charge >= 0.3 is 30.1 Å². The number of carboxylic acids is 1. The maximum Gasteiger partial charge on any atom is 0.471 e. The van der Waals surface area contributed by atoms with Gasteiger partial charge in [0.25, 0.3) is 0 Å². The Bertz CT molecular complexity index is 679. The van der Waals surface area contributed by atoms with Gasteiger partial charge in [0, 0.05) is 0 Å². The number of amides is 2. The third-order valence-corrected chi connectivity index (χ3v) is 3.57. The van der Waals surface area contributed by atoms with E-state index in [1.54, 1.807) is 0 Å². The van der Waals surface area contributed by atoms with E-state index < -0.39 is 72.9 Å². The highest BCUT2D eigenvalue weighted by Crippen LogP contribution is 2.26. The SMILES string of the molecule is O=C(O)C1=C[C@H](NC(=O)C(F)(F)F)[C@H](NC(=O)C(F)(F)F)[C@H]([C@@H](O)[C@H](O)CO)O1. The normalized spacial score (nSPS) is 24.6. The van der Waals surface area contributed by atoms with Crippen LogP contribution in [0.4, 0.5) is 26.3 Å². The lowest BCUT2D eigenvalue weighted by Crippen LogP contribution is -2.65. The Balaban J connectivity index is 3.41. The number of carbonyl (C=O) groups is 3. The standard InChI is InChI=1S/C13H14F6N2O8/c14-12(15,16)10(27)20-3-1-5(9(25)26)29-8(7(24)4(23)2-22)6(3)21-11(28)13(17,18)19/h1,3-4,6-8,22-24H,2H2,(H,20,27)(H,21,28)(H,25,26)/t3-,4+,6-,7-,8+/m0/s1. The number of ether oxygens (including phenoxy) is 1.